The molecular weight excluding hydrogens is 264 g/mol. The molecule has 0 atom stereocenters. The van der Waals surface area contributed by atoms with E-state index in [1.165, 1.54) is 10.9 Å². The first-order chi connectivity index (χ1) is 8.83. The van der Waals surface area contributed by atoms with E-state index in [-0.39, 0.29) is 18.2 Å². The number of hydrogen-bond acceptors (Lipinski definition) is 4. The second-order valence-electron chi connectivity index (χ2n) is 5.30. The molecule has 0 aliphatic carbocycles. The molecule has 0 unspecified atom stereocenters. The number of aromatic nitrogens is 2. The first-order valence-corrected chi connectivity index (χ1v) is 9.57. The predicted molar refractivity (Wildman–Crippen MR) is 72.7 cm³/mol. The van der Waals surface area contributed by atoms with E-state index >= 15 is 0 Å². The van der Waals surface area contributed by atoms with Crippen molar-refractivity contribution >= 4 is 20.0 Å². The molecule has 0 radical (unpaired) electrons. The molecule has 2 N–H and O–H groups in total. The fourth-order valence-electron chi connectivity index (χ4n) is 1.34. The second kappa shape index (κ2) is 6.35. The van der Waals surface area contributed by atoms with E-state index in [0.717, 1.165) is 6.04 Å². The fraction of sp³-hybridized carbons (Fsp3) is 0.545. The number of amides is 1. The van der Waals surface area contributed by atoms with Gasteiger partial charge in [0.1, 0.15) is 12.8 Å². The van der Waals surface area contributed by atoms with Crippen molar-refractivity contribution in [2.75, 3.05) is 11.9 Å². The van der Waals surface area contributed by atoms with Crippen LogP contribution in [0.5, 0.6) is 0 Å². The molecule has 0 aliphatic rings. The van der Waals surface area contributed by atoms with Crippen LogP contribution in [-0.4, -0.2) is 35.4 Å². The lowest BCUT2D eigenvalue weighted by Crippen LogP contribution is -2.22. The van der Waals surface area contributed by atoms with Crippen molar-refractivity contribution < 1.29 is 14.6 Å². The second-order valence-corrected chi connectivity index (χ2v) is 10.9. The molecule has 0 spiro atoms. The number of anilines is 1. The third-order valence-electron chi connectivity index (χ3n) is 2.40. The summed E-state index contributed by atoms with van der Waals surface area (Å²) in [6.07, 6.45) is 0.151. The number of ether oxygens (including phenoxy) is 1. The van der Waals surface area contributed by atoms with Gasteiger partial charge in [0.25, 0.3) is 0 Å². The zero-order valence-corrected chi connectivity index (χ0v) is 12.3. The summed E-state index contributed by atoms with van der Waals surface area (Å²) in [4.78, 5) is 14.5. The normalized spacial score (nSPS) is 11.1. The van der Waals surface area contributed by atoms with Gasteiger partial charge in [-0.3, -0.25) is 9.88 Å². The highest BCUT2D eigenvalue weighted by molar-refractivity contribution is 6.76. The predicted octanol–water partition coefficient (Wildman–Crippen LogP) is 2.16. The molecule has 0 fully saturated rings. The Balaban J connectivity index is 2.61. The Hall–Kier alpha value is -1.85. The molecule has 7 nitrogen and oxygen atoms in total. The Kier molecular flexibility index (Phi) is 5.08. The Morgan fingerprint density at radius 1 is 1.63 bits per heavy atom. The van der Waals surface area contributed by atoms with Crippen molar-refractivity contribution in [1.29, 1.82) is 5.26 Å². The van der Waals surface area contributed by atoms with Gasteiger partial charge in [0.05, 0.1) is 6.33 Å². The molecule has 0 aromatic carbocycles. The summed E-state index contributed by atoms with van der Waals surface area (Å²) in [7, 11) is -1.15. The van der Waals surface area contributed by atoms with Crippen molar-refractivity contribution in [1.82, 2.24) is 9.55 Å². The minimum absolute atomic E-state index is 0.0381. The van der Waals surface area contributed by atoms with Gasteiger partial charge in [-0.25, -0.2) is 9.78 Å². The number of imidazole rings is 1. The molecular formula is C11H18N4O3Si. The van der Waals surface area contributed by atoms with Crippen LogP contribution in [0.25, 0.3) is 0 Å². The van der Waals surface area contributed by atoms with Gasteiger partial charge < -0.3 is 9.84 Å². The molecule has 104 valence electrons. The van der Waals surface area contributed by atoms with Gasteiger partial charge in [0, 0.05) is 14.7 Å². The number of nitrogens with zero attached hydrogens (tertiary/aromatic N) is 3. The third-order valence-corrected chi connectivity index (χ3v) is 4.10. The van der Waals surface area contributed by atoms with Gasteiger partial charge in [0.15, 0.2) is 11.5 Å². The zero-order valence-electron chi connectivity index (χ0n) is 11.3. The van der Waals surface area contributed by atoms with E-state index < -0.39 is 14.2 Å². The van der Waals surface area contributed by atoms with Gasteiger partial charge in [-0.15, -0.1) is 0 Å². The standard InChI is InChI=1S/C11H18N4O3Si/c1-19(2,3)5-4-18-8-15-7-13-9(6-12)10(15)14-11(16)17/h7,14H,4-5,8H2,1-3H3,(H,16,17). The number of carbonyl (C=O) groups is 1. The Morgan fingerprint density at radius 2 is 2.32 bits per heavy atom. The number of carboxylic acid groups (broad SMARTS) is 1. The third kappa shape index (κ3) is 5.11. The molecule has 1 amide bonds. The maximum absolute atomic E-state index is 10.7. The largest absolute Gasteiger partial charge is 0.465 e. The number of nitriles is 1. The minimum atomic E-state index is -1.24. The number of nitrogens with one attached hydrogen (secondary N) is 1. The molecule has 1 aromatic heterocycles. The smallest absolute Gasteiger partial charge is 0.410 e. The lowest BCUT2D eigenvalue weighted by molar-refractivity contribution is 0.0883. The summed E-state index contributed by atoms with van der Waals surface area (Å²) in [5.74, 6) is 0.142. The van der Waals surface area contributed by atoms with Crippen LogP contribution in [-0.2, 0) is 11.5 Å². The highest BCUT2D eigenvalue weighted by atomic mass is 28.3. The SMILES string of the molecule is C[Si](C)(C)CCOCn1cnc(C#N)c1NC(=O)O. The van der Waals surface area contributed by atoms with Crippen LogP contribution in [0.3, 0.4) is 0 Å². The number of hydrogen-bond donors (Lipinski definition) is 2. The molecule has 0 aliphatic heterocycles. The topological polar surface area (TPSA) is 100 Å². The molecule has 1 aromatic rings. The van der Waals surface area contributed by atoms with Crippen LogP contribution in [0.2, 0.25) is 25.7 Å². The zero-order chi connectivity index (χ0) is 14.5. The van der Waals surface area contributed by atoms with Crippen molar-refractivity contribution in [3.63, 3.8) is 0 Å². The highest BCUT2D eigenvalue weighted by Crippen LogP contribution is 2.14. The van der Waals surface area contributed by atoms with Gasteiger partial charge >= 0.3 is 6.09 Å². The molecule has 1 rings (SSSR count). The van der Waals surface area contributed by atoms with Gasteiger partial charge in [-0.1, -0.05) is 19.6 Å². The number of rotatable bonds is 6. The first-order valence-electron chi connectivity index (χ1n) is 5.86. The molecule has 0 saturated heterocycles. The summed E-state index contributed by atoms with van der Waals surface area (Å²) in [6, 6.07) is 2.85. The van der Waals surface area contributed by atoms with E-state index in [4.69, 9.17) is 15.1 Å². The van der Waals surface area contributed by atoms with Crippen LogP contribution >= 0.6 is 0 Å². The van der Waals surface area contributed by atoms with E-state index in [0.29, 0.717) is 6.61 Å². The summed E-state index contributed by atoms with van der Waals surface area (Å²) in [5, 5.41) is 19.7. The van der Waals surface area contributed by atoms with Gasteiger partial charge in [-0.05, 0) is 6.04 Å². The van der Waals surface area contributed by atoms with Crippen molar-refractivity contribution in [2.24, 2.45) is 0 Å². The van der Waals surface area contributed by atoms with E-state index in [1.807, 2.05) is 6.07 Å². The van der Waals surface area contributed by atoms with Crippen molar-refractivity contribution in [2.45, 2.75) is 32.4 Å². The molecule has 0 saturated carbocycles. The quantitative estimate of drug-likeness (QED) is 0.615. The average molecular weight is 282 g/mol. The van der Waals surface area contributed by atoms with E-state index in [1.54, 1.807) is 0 Å². The Bertz CT molecular complexity index is 487. The van der Waals surface area contributed by atoms with Crippen LogP contribution in [0.15, 0.2) is 6.33 Å². The van der Waals surface area contributed by atoms with E-state index in [2.05, 4.69) is 29.9 Å². The maximum Gasteiger partial charge on any atom is 0.410 e. The van der Waals surface area contributed by atoms with Crippen LogP contribution in [0, 0.1) is 11.3 Å². The highest BCUT2D eigenvalue weighted by Gasteiger charge is 2.14. The van der Waals surface area contributed by atoms with Crippen molar-refractivity contribution in [3.05, 3.63) is 12.0 Å². The fourth-order valence-corrected chi connectivity index (χ4v) is 2.09. The lowest BCUT2D eigenvalue weighted by Gasteiger charge is -2.16. The maximum atomic E-state index is 10.7. The molecule has 8 heteroatoms. The lowest BCUT2D eigenvalue weighted by atomic mass is 10.5. The molecule has 0 bridgehead atoms. The first kappa shape index (κ1) is 15.2. The Morgan fingerprint density at radius 3 is 2.84 bits per heavy atom. The van der Waals surface area contributed by atoms with Crippen molar-refractivity contribution in [3.8, 4) is 6.07 Å². The van der Waals surface area contributed by atoms with Gasteiger partial charge in [0.2, 0.25) is 0 Å². The molecule has 19 heavy (non-hydrogen) atoms. The van der Waals surface area contributed by atoms with Crippen LogP contribution < -0.4 is 5.32 Å². The van der Waals surface area contributed by atoms with Crippen LogP contribution in [0.1, 0.15) is 5.69 Å². The minimum Gasteiger partial charge on any atom is -0.465 e. The monoisotopic (exact) mass is 282 g/mol. The van der Waals surface area contributed by atoms with Gasteiger partial charge in [-0.2, -0.15) is 5.26 Å². The summed E-state index contributed by atoms with van der Waals surface area (Å²) in [5.41, 5.74) is 0.0381. The summed E-state index contributed by atoms with van der Waals surface area (Å²) >= 11 is 0. The Labute approximate surface area is 112 Å². The summed E-state index contributed by atoms with van der Waals surface area (Å²) < 4.78 is 6.96. The van der Waals surface area contributed by atoms with E-state index in [9.17, 15) is 4.79 Å². The average Bonchev–Trinajstić information content (AvgIpc) is 2.65. The molecule has 1 heterocycles. The summed E-state index contributed by atoms with van der Waals surface area (Å²) in [6.45, 7) is 7.54. The van der Waals surface area contributed by atoms with Crippen LogP contribution in [0.4, 0.5) is 10.6 Å².